The fourth-order valence-electron chi connectivity index (χ4n) is 1.25. The van der Waals surface area contributed by atoms with Crippen LogP contribution >= 0.6 is 0 Å². The maximum atomic E-state index is 13.6. The first kappa shape index (κ1) is 14.2. The molecule has 0 unspecified atom stereocenters. The van der Waals surface area contributed by atoms with Crippen LogP contribution in [-0.4, -0.2) is 19.6 Å². The van der Waals surface area contributed by atoms with E-state index in [4.69, 9.17) is 10.6 Å². The van der Waals surface area contributed by atoms with Crippen molar-refractivity contribution in [2.24, 2.45) is 16.8 Å². The Balaban J connectivity index is 2.84. The first-order valence-corrected chi connectivity index (χ1v) is 5.68. The summed E-state index contributed by atoms with van der Waals surface area (Å²) >= 11 is 0. The zero-order valence-corrected chi connectivity index (χ0v) is 10.8. The Morgan fingerprint density at radius 3 is 2.78 bits per heavy atom. The van der Waals surface area contributed by atoms with Gasteiger partial charge in [-0.15, -0.1) is 0 Å². The first-order valence-electron chi connectivity index (χ1n) is 5.68. The van der Waals surface area contributed by atoms with E-state index >= 15 is 0 Å². The molecule has 0 spiro atoms. The lowest BCUT2D eigenvalue weighted by molar-refractivity contribution is 0.414. The van der Waals surface area contributed by atoms with Gasteiger partial charge in [-0.05, 0) is 18.1 Å². The number of hydrogen-bond donors (Lipinski definition) is 3. The molecular weight excluding hydrogens is 235 g/mol. The van der Waals surface area contributed by atoms with E-state index in [1.165, 1.54) is 19.2 Å². The van der Waals surface area contributed by atoms with Crippen molar-refractivity contribution in [2.45, 2.75) is 13.8 Å². The number of anilines is 1. The molecule has 1 rings (SSSR count). The molecule has 5 nitrogen and oxygen atoms in total. The van der Waals surface area contributed by atoms with Crippen molar-refractivity contribution in [1.82, 2.24) is 5.43 Å². The van der Waals surface area contributed by atoms with Gasteiger partial charge in [0, 0.05) is 12.6 Å². The van der Waals surface area contributed by atoms with Crippen LogP contribution in [0.3, 0.4) is 0 Å². The smallest absolute Gasteiger partial charge is 0.210 e. The zero-order chi connectivity index (χ0) is 13.5. The van der Waals surface area contributed by atoms with E-state index in [-0.39, 0.29) is 5.69 Å². The van der Waals surface area contributed by atoms with Crippen molar-refractivity contribution >= 4 is 11.6 Å². The fourth-order valence-corrected chi connectivity index (χ4v) is 1.25. The highest BCUT2D eigenvalue weighted by Crippen LogP contribution is 2.20. The molecule has 0 saturated carbocycles. The van der Waals surface area contributed by atoms with E-state index in [1.807, 2.05) is 13.8 Å². The van der Waals surface area contributed by atoms with Gasteiger partial charge in [0.1, 0.15) is 11.6 Å². The number of guanidine groups is 1. The number of nitrogens with two attached hydrogens (primary N) is 1. The van der Waals surface area contributed by atoms with Crippen molar-refractivity contribution in [3.63, 3.8) is 0 Å². The molecule has 1 aromatic carbocycles. The van der Waals surface area contributed by atoms with Crippen molar-refractivity contribution in [3.05, 3.63) is 24.0 Å². The highest BCUT2D eigenvalue weighted by atomic mass is 19.1. The normalized spacial score (nSPS) is 11.6. The Labute approximate surface area is 106 Å². The van der Waals surface area contributed by atoms with E-state index in [0.717, 1.165) is 0 Å². The number of aliphatic imine (C=N–C) groups is 1. The molecule has 0 heterocycles. The largest absolute Gasteiger partial charge is 0.497 e. The number of ether oxygens (including phenoxy) is 1. The molecule has 0 atom stereocenters. The molecule has 1 aromatic rings. The Morgan fingerprint density at radius 2 is 2.22 bits per heavy atom. The maximum absolute atomic E-state index is 13.6. The van der Waals surface area contributed by atoms with Crippen molar-refractivity contribution < 1.29 is 9.13 Å². The lowest BCUT2D eigenvalue weighted by atomic mass is 10.2. The minimum atomic E-state index is -0.400. The van der Waals surface area contributed by atoms with Crippen LogP contribution in [0.15, 0.2) is 23.2 Å². The third-order valence-corrected chi connectivity index (χ3v) is 2.18. The SMILES string of the molecule is COc1ccc(F)c(NC(=NCC(C)C)NN)c1. The standard InChI is InChI=1S/C12H19FN4O/c1-8(2)7-15-12(17-14)16-11-6-9(18-3)4-5-10(11)13/h4-6,8H,7,14H2,1-3H3,(H2,15,16,17). The average Bonchev–Trinajstić information content (AvgIpc) is 2.36. The van der Waals surface area contributed by atoms with Gasteiger partial charge < -0.3 is 10.1 Å². The first-order chi connectivity index (χ1) is 8.56. The Kier molecular flexibility index (Phi) is 5.38. The number of benzene rings is 1. The quantitative estimate of drug-likeness (QED) is 0.331. The number of rotatable bonds is 4. The minimum absolute atomic E-state index is 0.259. The number of nitrogens with zero attached hydrogens (tertiary/aromatic N) is 1. The Morgan fingerprint density at radius 1 is 1.50 bits per heavy atom. The summed E-state index contributed by atoms with van der Waals surface area (Å²) in [6.07, 6.45) is 0. The average molecular weight is 254 g/mol. The van der Waals surface area contributed by atoms with Crippen LogP contribution < -0.4 is 21.3 Å². The molecule has 0 aliphatic heterocycles. The predicted octanol–water partition coefficient (Wildman–Crippen LogP) is 1.72. The van der Waals surface area contributed by atoms with Gasteiger partial charge in [0.2, 0.25) is 5.96 Å². The van der Waals surface area contributed by atoms with Crippen LogP contribution in [0.2, 0.25) is 0 Å². The van der Waals surface area contributed by atoms with Crippen LogP contribution in [0.4, 0.5) is 10.1 Å². The van der Waals surface area contributed by atoms with Crippen LogP contribution in [0, 0.1) is 11.7 Å². The van der Waals surface area contributed by atoms with E-state index in [9.17, 15) is 4.39 Å². The molecule has 100 valence electrons. The van der Waals surface area contributed by atoms with Gasteiger partial charge in [-0.3, -0.25) is 10.4 Å². The number of halogens is 1. The van der Waals surface area contributed by atoms with Crippen molar-refractivity contribution in [1.29, 1.82) is 0 Å². The number of hydrogen-bond acceptors (Lipinski definition) is 3. The number of nitrogens with one attached hydrogen (secondary N) is 2. The molecular formula is C12H19FN4O. The molecule has 18 heavy (non-hydrogen) atoms. The third kappa shape index (κ3) is 4.21. The summed E-state index contributed by atoms with van der Waals surface area (Å²) in [7, 11) is 1.52. The summed E-state index contributed by atoms with van der Waals surface area (Å²) < 4.78 is 18.6. The van der Waals surface area contributed by atoms with E-state index < -0.39 is 5.82 Å². The summed E-state index contributed by atoms with van der Waals surface area (Å²) in [6, 6.07) is 4.40. The van der Waals surface area contributed by atoms with E-state index in [0.29, 0.717) is 24.2 Å². The molecule has 0 amide bonds. The monoisotopic (exact) mass is 254 g/mol. The lowest BCUT2D eigenvalue weighted by Gasteiger charge is -2.11. The maximum Gasteiger partial charge on any atom is 0.210 e. The number of hydrazine groups is 1. The topological polar surface area (TPSA) is 71.7 Å². The second-order valence-electron chi connectivity index (χ2n) is 4.20. The zero-order valence-electron chi connectivity index (χ0n) is 10.8. The molecule has 6 heteroatoms. The van der Waals surface area contributed by atoms with Crippen LogP contribution in [0.5, 0.6) is 5.75 Å². The predicted molar refractivity (Wildman–Crippen MR) is 71.0 cm³/mol. The lowest BCUT2D eigenvalue weighted by Crippen LogP contribution is -2.36. The van der Waals surface area contributed by atoms with E-state index in [1.54, 1.807) is 6.07 Å². The molecule has 0 aliphatic rings. The van der Waals surface area contributed by atoms with Crippen LogP contribution in [0.25, 0.3) is 0 Å². The highest BCUT2D eigenvalue weighted by Gasteiger charge is 2.06. The molecule has 4 N–H and O–H groups in total. The second kappa shape index (κ2) is 6.80. The van der Waals surface area contributed by atoms with Crippen molar-refractivity contribution in [2.75, 3.05) is 19.0 Å². The molecule has 0 aliphatic carbocycles. The van der Waals surface area contributed by atoms with Crippen LogP contribution in [-0.2, 0) is 0 Å². The summed E-state index contributed by atoms with van der Waals surface area (Å²) in [6.45, 7) is 4.66. The van der Waals surface area contributed by atoms with Gasteiger partial charge in [0.15, 0.2) is 0 Å². The van der Waals surface area contributed by atoms with Gasteiger partial charge in [0.25, 0.3) is 0 Å². The highest BCUT2D eigenvalue weighted by molar-refractivity contribution is 5.93. The molecule has 0 bridgehead atoms. The summed E-state index contributed by atoms with van der Waals surface area (Å²) in [4.78, 5) is 4.20. The van der Waals surface area contributed by atoms with E-state index in [2.05, 4.69) is 15.7 Å². The fraction of sp³-hybridized carbons (Fsp3) is 0.417. The summed E-state index contributed by atoms with van der Waals surface area (Å²) in [5.74, 6) is 6.19. The number of methoxy groups -OCH3 is 1. The molecule has 0 fully saturated rings. The van der Waals surface area contributed by atoms with Gasteiger partial charge in [-0.25, -0.2) is 10.2 Å². The molecule has 0 radical (unpaired) electrons. The second-order valence-corrected chi connectivity index (χ2v) is 4.20. The minimum Gasteiger partial charge on any atom is -0.497 e. The summed E-state index contributed by atoms with van der Waals surface area (Å²) in [5, 5.41) is 2.79. The van der Waals surface area contributed by atoms with Gasteiger partial charge in [0.05, 0.1) is 12.8 Å². The van der Waals surface area contributed by atoms with Gasteiger partial charge in [-0.1, -0.05) is 13.8 Å². The van der Waals surface area contributed by atoms with Gasteiger partial charge >= 0.3 is 0 Å². The Bertz CT molecular complexity index is 421. The molecule has 0 aromatic heterocycles. The summed E-state index contributed by atoms with van der Waals surface area (Å²) in [5.41, 5.74) is 2.66. The van der Waals surface area contributed by atoms with Crippen molar-refractivity contribution in [3.8, 4) is 5.75 Å². The van der Waals surface area contributed by atoms with Crippen LogP contribution in [0.1, 0.15) is 13.8 Å². The Hall–Kier alpha value is -1.82. The molecule has 0 saturated heterocycles. The third-order valence-electron chi connectivity index (χ3n) is 2.18. The van der Waals surface area contributed by atoms with Gasteiger partial charge in [-0.2, -0.15) is 0 Å².